The van der Waals surface area contributed by atoms with E-state index >= 15 is 0 Å². The molecule has 0 fully saturated rings. The molecule has 0 aliphatic heterocycles. The lowest BCUT2D eigenvalue weighted by atomic mass is 10.6. The first kappa shape index (κ1) is 7.98. The summed E-state index contributed by atoms with van der Waals surface area (Å²) >= 11 is 0. The number of nitro groups is 1. The molecule has 0 atom stereocenters. The van der Waals surface area contributed by atoms with Gasteiger partial charge in [0.2, 0.25) is 5.95 Å². The van der Waals surface area contributed by atoms with Crippen molar-refractivity contribution >= 4 is 11.6 Å². The van der Waals surface area contributed by atoms with Crippen molar-refractivity contribution in [1.82, 2.24) is 9.97 Å². The fraction of sp³-hybridized carbons (Fsp3) is 0. The second kappa shape index (κ2) is 3.32. The minimum atomic E-state index is -0.641. The van der Waals surface area contributed by atoms with E-state index in [4.69, 9.17) is 0 Å². The van der Waals surface area contributed by atoms with Gasteiger partial charge in [-0.05, 0) is 0 Å². The van der Waals surface area contributed by atoms with Gasteiger partial charge in [-0.3, -0.25) is 10.1 Å². The predicted molar refractivity (Wildman–Crippen MR) is 38.1 cm³/mol. The quantitative estimate of drug-likeness (QED) is 0.400. The Morgan fingerprint density at radius 1 is 1.50 bits per heavy atom. The Labute approximate surface area is 65.7 Å². The Morgan fingerprint density at radius 3 is 2.50 bits per heavy atom. The van der Waals surface area contributed by atoms with Crippen LogP contribution in [0.4, 0.5) is 11.6 Å². The Kier molecular flexibility index (Phi) is 2.21. The minimum Gasteiger partial charge on any atom is -0.258 e. The second-order valence-corrected chi connectivity index (χ2v) is 1.73. The standard InChI is InChI=1S/C4H3N5O3/c10-8-7-4-5-1-3(2-6-4)9(11)12/h1-2H,(H,5,6,7,10). The molecule has 0 aliphatic carbocycles. The lowest BCUT2D eigenvalue weighted by Crippen LogP contribution is -1.96. The normalized spacial score (nSPS) is 9.00. The molecule has 0 aromatic carbocycles. The van der Waals surface area contributed by atoms with Gasteiger partial charge in [0.05, 0.1) is 10.2 Å². The molecule has 0 spiro atoms. The molecule has 1 rings (SSSR count). The summed E-state index contributed by atoms with van der Waals surface area (Å²) in [6, 6.07) is 0. The largest absolute Gasteiger partial charge is 0.305 e. The van der Waals surface area contributed by atoms with E-state index in [2.05, 4.69) is 15.3 Å². The maximum absolute atomic E-state index is 10.1. The summed E-state index contributed by atoms with van der Waals surface area (Å²) in [5.74, 6) is -0.0735. The summed E-state index contributed by atoms with van der Waals surface area (Å²) in [5.41, 5.74) is 1.65. The highest BCUT2D eigenvalue weighted by Gasteiger charge is 2.05. The van der Waals surface area contributed by atoms with Crippen molar-refractivity contribution in [1.29, 1.82) is 0 Å². The van der Waals surface area contributed by atoms with Gasteiger partial charge in [0, 0.05) is 0 Å². The molecule has 1 aromatic rings. The van der Waals surface area contributed by atoms with E-state index in [1.54, 1.807) is 0 Å². The van der Waals surface area contributed by atoms with Gasteiger partial charge in [0.25, 0.3) is 0 Å². The molecule has 0 saturated carbocycles. The smallest absolute Gasteiger partial charge is 0.258 e. The number of aromatic nitrogens is 2. The van der Waals surface area contributed by atoms with Crippen LogP contribution in [0.15, 0.2) is 17.7 Å². The Balaban J connectivity index is 2.85. The van der Waals surface area contributed by atoms with Crippen LogP contribution in [0.5, 0.6) is 0 Å². The van der Waals surface area contributed by atoms with E-state index in [0.29, 0.717) is 0 Å². The summed E-state index contributed by atoms with van der Waals surface area (Å²) in [4.78, 5) is 25.9. The summed E-state index contributed by atoms with van der Waals surface area (Å²) in [6.45, 7) is 0. The third-order valence-corrected chi connectivity index (χ3v) is 0.995. The van der Waals surface area contributed by atoms with Gasteiger partial charge in [0.1, 0.15) is 12.4 Å². The van der Waals surface area contributed by atoms with Crippen LogP contribution in [0.1, 0.15) is 0 Å². The van der Waals surface area contributed by atoms with E-state index in [9.17, 15) is 15.0 Å². The highest BCUT2D eigenvalue weighted by atomic mass is 16.6. The number of rotatable bonds is 3. The molecule has 0 bridgehead atoms. The van der Waals surface area contributed by atoms with Crippen LogP contribution in [0.2, 0.25) is 0 Å². The molecule has 1 aromatic heterocycles. The zero-order valence-corrected chi connectivity index (χ0v) is 5.67. The topological polar surface area (TPSA) is 110 Å². The van der Waals surface area contributed by atoms with Gasteiger partial charge in [0.15, 0.2) is 0 Å². The molecule has 0 amide bonds. The number of hydrogen-bond donors (Lipinski definition) is 1. The van der Waals surface area contributed by atoms with Crippen molar-refractivity contribution in [3.8, 4) is 0 Å². The van der Waals surface area contributed by atoms with Gasteiger partial charge in [-0.15, -0.1) is 4.91 Å². The maximum atomic E-state index is 10.1. The summed E-state index contributed by atoms with van der Waals surface area (Å²) in [7, 11) is 0. The number of anilines is 1. The molecular formula is C4H3N5O3. The van der Waals surface area contributed by atoms with E-state index < -0.39 is 4.92 Å². The van der Waals surface area contributed by atoms with E-state index in [1.165, 1.54) is 0 Å². The van der Waals surface area contributed by atoms with Gasteiger partial charge >= 0.3 is 5.69 Å². The van der Waals surface area contributed by atoms with Crippen LogP contribution in [-0.2, 0) is 0 Å². The van der Waals surface area contributed by atoms with Gasteiger partial charge < -0.3 is 0 Å². The number of nitroso groups, excluding NO2 is 1. The van der Waals surface area contributed by atoms with Gasteiger partial charge in [-0.25, -0.2) is 15.4 Å². The molecule has 62 valence electrons. The fourth-order valence-electron chi connectivity index (χ4n) is 0.514. The van der Waals surface area contributed by atoms with Crippen LogP contribution in [-0.4, -0.2) is 14.9 Å². The Bertz CT molecular complexity index is 296. The molecule has 1 heterocycles. The van der Waals surface area contributed by atoms with Crippen LogP contribution in [0.3, 0.4) is 0 Å². The SMILES string of the molecule is O=NNc1ncc([N+](=O)[O-])cn1. The molecular weight excluding hydrogens is 166 g/mol. The Hall–Kier alpha value is -2.12. The van der Waals surface area contributed by atoms with Crippen molar-refractivity contribution in [3.63, 3.8) is 0 Å². The van der Waals surface area contributed by atoms with Crippen LogP contribution >= 0.6 is 0 Å². The first-order valence-electron chi connectivity index (χ1n) is 2.79. The second-order valence-electron chi connectivity index (χ2n) is 1.73. The van der Waals surface area contributed by atoms with E-state index in [1.807, 2.05) is 5.43 Å². The van der Waals surface area contributed by atoms with Crippen molar-refractivity contribution in [2.45, 2.75) is 0 Å². The van der Waals surface area contributed by atoms with Crippen LogP contribution < -0.4 is 5.43 Å². The first-order chi connectivity index (χ1) is 5.74. The zero-order valence-electron chi connectivity index (χ0n) is 5.67. The van der Waals surface area contributed by atoms with Gasteiger partial charge in [-0.1, -0.05) is 0 Å². The van der Waals surface area contributed by atoms with Crippen LogP contribution in [0.25, 0.3) is 0 Å². The Morgan fingerprint density at radius 2 is 2.08 bits per heavy atom. The highest BCUT2D eigenvalue weighted by Crippen LogP contribution is 2.07. The lowest BCUT2D eigenvalue weighted by Gasteiger charge is -1.92. The molecule has 0 radical (unpaired) electrons. The van der Waals surface area contributed by atoms with E-state index in [-0.39, 0.29) is 11.6 Å². The van der Waals surface area contributed by atoms with Crippen molar-refractivity contribution in [3.05, 3.63) is 27.4 Å². The third kappa shape index (κ3) is 1.68. The minimum absolute atomic E-state index is 0.0735. The fourth-order valence-corrected chi connectivity index (χ4v) is 0.514. The average Bonchev–Trinajstić information content (AvgIpc) is 2.06. The predicted octanol–water partition coefficient (Wildman–Crippen LogP) is 0.478. The molecule has 0 aliphatic rings. The number of hydrogen-bond acceptors (Lipinski definition) is 6. The number of nitrogens with zero attached hydrogens (tertiary/aromatic N) is 4. The highest BCUT2D eigenvalue weighted by molar-refractivity contribution is 5.29. The first-order valence-corrected chi connectivity index (χ1v) is 2.79. The van der Waals surface area contributed by atoms with Gasteiger partial charge in [-0.2, -0.15) is 0 Å². The molecule has 0 unspecified atom stereocenters. The molecule has 8 nitrogen and oxygen atoms in total. The summed E-state index contributed by atoms with van der Waals surface area (Å²) in [6.07, 6.45) is 1.95. The third-order valence-electron chi connectivity index (χ3n) is 0.995. The average molecular weight is 169 g/mol. The van der Waals surface area contributed by atoms with E-state index in [0.717, 1.165) is 12.4 Å². The molecule has 12 heavy (non-hydrogen) atoms. The summed E-state index contributed by atoms with van der Waals surface area (Å²) in [5, 5.41) is 12.4. The molecule has 1 N–H and O–H groups in total. The van der Waals surface area contributed by atoms with Crippen LogP contribution in [0, 0.1) is 15.0 Å². The molecule has 0 saturated heterocycles. The maximum Gasteiger partial charge on any atom is 0.305 e. The number of nitrogens with one attached hydrogen (secondary N) is 1. The van der Waals surface area contributed by atoms with Crippen molar-refractivity contribution < 1.29 is 4.92 Å². The lowest BCUT2D eigenvalue weighted by molar-refractivity contribution is -0.385. The zero-order chi connectivity index (χ0) is 8.97. The molecule has 8 heteroatoms. The summed E-state index contributed by atoms with van der Waals surface area (Å²) < 4.78 is 0. The van der Waals surface area contributed by atoms with Crippen molar-refractivity contribution in [2.24, 2.45) is 5.29 Å². The monoisotopic (exact) mass is 169 g/mol. The van der Waals surface area contributed by atoms with Crippen molar-refractivity contribution in [2.75, 3.05) is 5.43 Å².